The maximum Gasteiger partial charge on any atom is 0.433 e. The van der Waals surface area contributed by atoms with E-state index in [1.807, 2.05) is 0 Å². The number of benzene rings is 1. The molecule has 39 heavy (non-hydrogen) atoms. The van der Waals surface area contributed by atoms with Gasteiger partial charge in [0.05, 0.1) is 13.2 Å². The fourth-order valence-electron chi connectivity index (χ4n) is 3.91. The Bertz CT molecular complexity index is 1520. The van der Waals surface area contributed by atoms with Crippen molar-refractivity contribution in [2.24, 2.45) is 5.73 Å². The molecule has 4 aromatic rings. The molecular formula is C26H25F3N6O4. The number of pyridine rings is 2. The maximum atomic E-state index is 13.4. The number of nitrogens with zero attached hydrogens (tertiary/aromatic N) is 4. The second-order valence-electron chi connectivity index (χ2n) is 8.85. The summed E-state index contributed by atoms with van der Waals surface area (Å²) in [6, 6.07) is 6.43. The van der Waals surface area contributed by atoms with Gasteiger partial charge < -0.3 is 25.1 Å². The molecular weight excluding hydrogens is 517 g/mol. The predicted molar refractivity (Wildman–Crippen MR) is 135 cm³/mol. The van der Waals surface area contributed by atoms with Gasteiger partial charge in [0.15, 0.2) is 11.5 Å². The molecule has 0 aliphatic carbocycles. The average molecular weight is 543 g/mol. The second-order valence-corrected chi connectivity index (χ2v) is 8.85. The molecule has 3 heterocycles. The Morgan fingerprint density at radius 2 is 1.87 bits per heavy atom. The number of methoxy groups -OCH3 is 1. The van der Waals surface area contributed by atoms with E-state index in [4.69, 9.17) is 14.9 Å². The Morgan fingerprint density at radius 1 is 1.13 bits per heavy atom. The molecule has 0 aliphatic heterocycles. The van der Waals surface area contributed by atoms with E-state index in [0.717, 1.165) is 6.07 Å². The van der Waals surface area contributed by atoms with Crippen LogP contribution in [0.25, 0.3) is 22.4 Å². The standard InChI is InChI=1S/C26H25F3N6O4/c1-13(30)22-21(23(36)33-19(25(37)35(2)3)14-6-5-11-31-12-14)34-24(39-22)16-7-9-17(38-4)20-15(16)8-10-18(32-20)26(27,28)29/h5-13,19H,30H2,1-4H3,(H,33,36)/t13-,19?/m0/s1. The zero-order chi connectivity index (χ0) is 28.5. The minimum Gasteiger partial charge on any atom is -0.494 e. The zero-order valence-corrected chi connectivity index (χ0v) is 21.4. The van der Waals surface area contributed by atoms with Crippen LogP contribution >= 0.6 is 0 Å². The van der Waals surface area contributed by atoms with Gasteiger partial charge in [-0.05, 0) is 37.3 Å². The summed E-state index contributed by atoms with van der Waals surface area (Å²) in [6.07, 6.45) is -1.68. The molecule has 0 radical (unpaired) electrons. The number of amides is 2. The Labute approximate surface area is 221 Å². The number of aromatic nitrogens is 3. The Balaban J connectivity index is 1.80. The average Bonchev–Trinajstić information content (AvgIpc) is 3.36. The number of oxazole rings is 1. The number of likely N-dealkylation sites (N-methyl/N-ethyl adjacent to an activating group) is 1. The molecule has 1 aromatic carbocycles. The van der Waals surface area contributed by atoms with E-state index in [-0.39, 0.29) is 39.6 Å². The van der Waals surface area contributed by atoms with Crippen molar-refractivity contribution >= 4 is 22.7 Å². The van der Waals surface area contributed by atoms with Crippen LogP contribution < -0.4 is 15.8 Å². The van der Waals surface area contributed by atoms with E-state index in [1.54, 1.807) is 33.2 Å². The summed E-state index contributed by atoms with van der Waals surface area (Å²) < 4.78 is 51.0. The number of hydrogen-bond acceptors (Lipinski definition) is 8. The van der Waals surface area contributed by atoms with Crippen LogP contribution in [0.4, 0.5) is 13.2 Å². The normalized spacial score (nSPS) is 13.1. The molecule has 0 aliphatic rings. The number of rotatable bonds is 7. The van der Waals surface area contributed by atoms with Crippen LogP contribution in [0.2, 0.25) is 0 Å². The smallest absolute Gasteiger partial charge is 0.433 e. The molecule has 3 N–H and O–H groups in total. The van der Waals surface area contributed by atoms with Crippen molar-refractivity contribution in [2.45, 2.75) is 25.2 Å². The fourth-order valence-corrected chi connectivity index (χ4v) is 3.91. The van der Waals surface area contributed by atoms with Crippen molar-refractivity contribution in [1.29, 1.82) is 0 Å². The van der Waals surface area contributed by atoms with Crippen molar-refractivity contribution in [2.75, 3.05) is 21.2 Å². The van der Waals surface area contributed by atoms with E-state index in [9.17, 15) is 22.8 Å². The van der Waals surface area contributed by atoms with E-state index >= 15 is 0 Å². The van der Waals surface area contributed by atoms with Crippen LogP contribution in [0.1, 0.15) is 46.5 Å². The number of carbonyl (C=O) groups is 2. The number of halogens is 3. The lowest BCUT2D eigenvalue weighted by Gasteiger charge is -2.21. The van der Waals surface area contributed by atoms with Gasteiger partial charge in [-0.2, -0.15) is 13.2 Å². The summed E-state index contributed by atoms with van der Waals surface area (Å²) in [5.74, 6) is -1.09. The minimum atomic E-state index is -4.67. The van der Waals surface area contributed by atoms with Crippen molar-refractivity contribution in [3.8, 4) is 17.2 Å². The minimum absolute atomic E-state index is 0.0218. The molecule has 2 atom stereocenters. The first kappa shape index (κ1) is 27.5. The summed E-state index contributed by atoms with van der Waals surface area (Å²) in [6.45, 7) is 1.58. The highest BCUT2D eigenvalue weighted by Crippen LogP contribution is 2.37. The highest BCUT2D eigenvalue weighted by Gasteiger charge is 2.34. The largest absolute Gasteiger partial charge is 0.494 e. The highest BCUT2D eigenvalue weighted by molar-refractivity contribution is 5.99. The number of hydrogen-bond donors (Lipinski definition) is 2. The van der Waals surface area contributed by atoms with E-state index in [2.05, 4.69) is 20.3 Å². The van der Waals surface area contributed by atoms with Crippen molar-refractivity contribution in [3.63, 3.8) is 0 Å². The quantitative estimate of drug-likeness (QED) is 0.359. The lowest BCUT2D eigenvalue weighted by atomic mass is 10.1. The molecule has 3 aromatic heterocycles. The highest BCUT2D eigenvalue weighted by atomic mass is 19.4. The molecule has 4 rings (SSSR count). The summed E-state index contributed by atoms with van der Waals surface area (Å²) in [7, 11) is 4.41. The third-order valence-corrected chi connectivity index (χ3v) is 5.82. The number of fused-ring (bicyclic) bond motifs is 1. The lowest BCUT2D eigenvalue weighted by molar-refractivity contribution is -0.141. The third kappa shape index (κ3) is 5.53. The van der Waals surface area contributed by atoms with Crippen LogP contribution in [0.5, 0.6) is 5.75 Å². The Kier molecular flexibility index (Phi) is 7.54. The predicted octanol–water partition coefficient (Wildman–Crippen LogP) is 3.89. The molecule has 1 unspecified atom stereocenters. The molecule has 0 fully saturated rings. The van der Waals surface area contributed by atoms with Crippen LogP contribution in [0.15, 0.2) is 53.2 Å². The molecule has 13 heteroatoms. The number of nitrogens with two attached hydrogens (primary N) is 1. The second kappa shape index (κ2) is 10.7. The van der Waals surface area contributed by atoms with Crippen LogP contribution in [0.3, 0.4) is 0 Å². The molecule has 0 saturated heterocycles. The molecule has 0 spiro atoms. The summed E-state index contributed by atoms with van der Waals surface area (Å²) in [5.41, 5.74) is 5.44. The SMILES string of the molecule is COc1ccc(-c2nc(C(=O)NC(C(=O)N(C)C)c3cccnc3)c([C@H](C)N)o2)c2ccc(C(F)(F)F)nc12. The van der Waals surface area contributed by atoms with Gasteiger partial charge in [0, 0.05) is 43.0 Å². The van der Waals surface area contributed by atoms with E-state index in [0.29, 0.717) is 5.56 Å². The Hall–Kier alpha value is -4.52. The van der Waals surface area contributed by atoms with Crippen molar-refractivity contribution in [3.05, 3.63) is 71.5 Å². The van der Waals surface area contributed by atoms with Crippen LogP contribution in [-0.2, 0) is 11.0 Å². The molecule has 2 amide bonds. The maximum absolute atomic E-state index is 13.4. The molecule has 0 bridgehead atoms. The number of alkyl halides is 3. The number of nitrogens with one attached hydrogen (secondary N) is 1. The first-order chi connectivity index (χ1) is 18.4. The van der Waals surface area contributed by atoms with E-state index in [1.165, 1.54) is 42.6 Å². The molecule has 0 saturated carbocycles. The Morgan fingerprint density at radius 3 is 2.46 bits per heavy atom. The molecule has 204 valence electrons. The van der Waals surface area contributed by atoms with Gasteiger partial charge >= 0.3 is 6.18 Å². The van der Waals surface area contributed by atoms with Gasteiger partial charge in [0.1, 0.15) is 23.0 Å². The monoisotopic (exact) mass is 542 g/mol. The van der Waals surface area contributed by atoms with Crippen molar-refractivity contribution in [1.82, 2.24) is 25.2 Å². The van der Waals surface area contributed by atoms with Gasteiger partial charge in [0.25, 0.3) is 5.91 Å². The summed E-state index contributed by atoms with van der Waals surface area (Å²) in [4.78, 5) is 39.7. The fraction of sp³-hybridized carbons (Fsp3) is 0.269. The number of ether oxygens (including phenoxy) is 1. The van der Waals surface area contributed by atoms with Crippen molar-refractivity contribution < 1.29 is 31.9 Å². The van der Waals surface area contributed by atoms with Crippen LogP contribution in [0, 0.1) is 0 Å². The third-order valence-electron chi connectivity index (χ3n) is 5.82. The topological polar surface area (TPSA) is 136 Å². The van der Waals surface area contributed by atoms with Gasteiger partial charge in [-0.15, -0.1) is 0 Å². The van der Waals surface area contributed by atoms with Gasteiger partial charge in [-0.25, -0.2) is 9.97 Å². The molecule has 10 nitrogen and oxygen atoms in total. The summed E-state index contributed by atoms with van der Waals surface area (Å²) in [5, 5.41) is 2.92. The lowest BCUT2D eigenvalue weighted by Crippen LogP contribution is -2.40. The first-order valence-corrected chi connectivity index (χ1v) is 11.7. The number of carbonyl (C=O) groups excluding carboxylic acids is 2. The van der Waals surface area contributed by atoms with E-state index < -0.39 is 35.8 Å². The van der Waals surface area contributed by atoms with Gasteiger partial charge in [-0.1, -0.05) is 6.07 Å². The van der Waals surface area contributed by atoms with Gasteiger partial charge in [0.2, 0.25) is 11.8 Å². The van der Waals surface area contributed by atoms with Crippen LogP contribution in [-0.4, -0.2) is 52.9 Å². The zero-order valence-electron chi connectivity index (χ0n) is 21.4. The first-order valence-electron chi connectivity index (χ1n) is 11.7. The van der Waals surface area contributed by atoms with Gasteiger partial charge in [-0.3, -0.25) is 14.6 Å². The summed E-state index contributed by atoms with van der Waals surface area (Å²) >= 11 is 0.